The molecule has 0 radical (unpaired) electrons. The fourth-order valence-electron chi connectivity index (χ4n) is 3.35. The van der Waals surface area contributed by atoms with Crippen molar-refractivity contribution >= 4 is 22.9 Å². The first-order chi connectivity index (χ1) is 12.9. The number of anilines is 1. The maximum Gasteiger partial charge on any atom is 0.238 e. The van der Waals surface area contributed by atoms with E-state index in [0.29, 0.717) is 0 Å². The summed E-state index contributed by atoms with van der Waals surface area (Å²) in [5, 5.41) is 8.56. The number of carbonyl (C=O) groups is 1. The Morgan fingerprint density at radius 3 is 2.22 bits per heavy atom. The first kappa shape index (κ1) is 19.3. The van der Waals surface area contributed by atoms with E-state index in [1.54, 1.807) is 11.3 Å². The second-order valence-corrected chi connectivity index (χ2v) is 8.04. The molecular formula is C23H26N2OS. The van der Waals surface area contributed by atoms with Gasteiger partial charge < -0.3 is 5.32 Å². The minimum absolute atomic E-state index is 0.0107. The number of hydrogen-bond acceptors (Lipinski definition) is 3. The highest BCUT2D eigenvalue weighted by Gasteiger charge is 2.17. The van der Waals surface area contributed by atoms with Crippen LogP contribution in [0.1, 0.15) is 38.7 Å². The molecule has 2 N–H and O–H groups in total. The molecule has 1 heterocycles. The quantitative estimate of drug-likeness (QED) is 0.611. The molecule has 0 unspecified atom stereocenters. The summed E-state index contributed by atoms with van der Waals surface area (Å²) in [6.45, 7) is 8.47. The van der Waals surface area contributed by atoms with Gasteiger partial charge in [-0.2, -0.15) is 0 Å². The van der Waals surface area contributed by atoms with E-state index in [2.05, 4.69) is 72.3 Å². The Morgan fingerprint density at radius 2 is 1.63 bits per heavy atom. The van der Waals surface area contributed by atoms with Crippen LogP contribution in [0, 0.1) is 27.7 Å². The van der Waals surface area contributed by atoms with Crippen molar-refractivity contribution in [2.75, 3.05) is 11.9 Å². The van der Waals surface area contributed by atoms with Crippen LogP contribution >= 0.6 is 11.3 Å². The van der Waals surface area contributed by atoms with Crippen molar-refractivity contribution in [1.29, 1.82) is 0 Å². The molecule has 0 saturated heterocycles. The Labute approximate surface area is 165 Å². The van der Waals surface area contributed by atoms with Gasteiger partial charge in [0.15, 0.2) is 0 Å². The Morgan fingerprint density at radius 1 is 0.963 bits per heavy atom. The lowest BCUT2D eigenvalue weighted by molar-refractivity contribution is -0.115. The van der Waals surface area contributed by atoms with Crippen molar-refractivity contribution in [1.82, 2.24) is 5.32 Å². The second kappa shape index (κ2) is 8.51. The monoisotopic (exact) mass is 378 g/mol. The van der Waals surface area contributed by atoms with E-state index in [0.717, 1.165) is 16.8 Å². The Kier molecular flexibility index (Phi) is 6.09. The first-order valence-electron chi connectivity index (χ1n) is 9.15. The number of nitrogens with one attached hydrogen (secondary N) is 2. The summed E-state index contributed by atoms with van der Waals surface area (Å²) in [7, 11) is 0. The molecule has 140 valence electrons. The summed E-state index contributed by atoms with van der Waals surface area (Å²) in [6, 6.07) is 16.8. The van der Waals surface area contributed by atoms with Gasteiger partial charge in [-0.25, -0.2) is 0 Å². The van der Waals surface area contributed by atoms with Crippen molar-refractivity contribution in [3.05, 3.63) is 86.6 Å². The lowest BCUT2D eigenvalue weighted by Crippen LogP contribution is -2.32. The SMILES string of the molecule is Cc1ccc([C@@H](NCC(=O)Nc2c(C)cc(C)cc2C)c2cccs2)cc1. The molecule has 0 aliphatic heterocycles. The topological polar surface area (TPSA) is 41.1 Å². The zero-order valence-electron chi connectivity index (χ0n) is 16.3. The van der Waals surface area contributed by atoms with Crippen LogP contribution in [0.5, 0.6) is 0 Å². The molecular weight excluding hydrogens is 352 g/mol. The smallest absolute Gasteiger partial charge is 0.238 e. The number of hydrogen-bond donors (Lipinski definition) is 2. The van der Waals surface area contributed by atoms with Gasteiger partial charge in [-0.15, -0.1) is 11.3 Å². The minimum atomic E-state index is -0.0290. The van der Waals surface area contributed by atoms with Gasteiger partial charge in [-0.3, -0.25) is 10.1 Å². The van der Waals surface area contributed by atoms with E-state index in [-0.39, 0.29) is 18.5 Å². The maximum atomic E-state index is 12.6. The van der Waals surface area contributed by atoms with Gasteiger partial charge in [0, 0.05) is 10.6 Å². The van der Waals surface area contributed by atoms with E-state index in [1.165, 1.54) is 21.6 Å². The number of rotatable bonds is 6. The number of carbonyl (C=O) groups excluding carboxylic acids is 1. The molecule has 27 heavy (non-hydrogen) atoms. The zero-order valence-corrected chi connectivity index (χ0v) is 17.1. The van der Waals surface area contributed by atoms with Gasteiger partial charge in [0.1, 0.15) is 0 Å². The third kappa shape index (κ3) is 4.85. The van der Waals surface area contributed by atoms with Crippen molar-refractivity contribution < 1.29 is 4.79 Å². The molecule has 0 bridgehead atoms. The molecule has 0 fully saturated rings. The van der Waals surface area contributed by atoms with Crippen molar-refractivity contribution in [3.8, 4) is 0 Å². The molecule has 0 spiro atoms. The summed E-state index contributed by atoms with van der Waals surface area (Å²) in [5.41, 5.74) is 6.70. The predicted octanol–water partition coefficient (Wildman–Crippen LogP) is 5.30. The van der Waals surface area contributed by atoms with Gasteiger partial charge in [0.2, 0.25) is 5.91 Å². The second-order valence-electron chi connectivity index (χ2n) is 7.06. The number of amides is 1. The molecule has 3 nitrogen and oxygen atoms in total. The van der Waals surface area contributed by atoms with Crippen molar-refractivity contribution in [2.24, 2.45) is 0 Å². The Balaban J connectivity index is 1.72. The third-order valence-electron chi connectivity index (χ3n) is 4.65. The lowest BCUT2D eigenvalue weighted by atomic mass is 10.0. The molecule has 1 aromatic heterocycles. The summed E-state index contributed by atoms with van der Waals surface area (Å²) in [5.74, 6) is -0.0290. The van der Waals surface area contributed by atoms with Crippen LogP contribution in [0.2, 0.25) is 0 Å². The number of thiophene rings is 1. The standard InChI is InChI=1S/C23H26N2OS/c1-15-7-9-19(10-8-15)23(20-6-5-11-27-20)24-14-21(26)25-22-17(3)12-16(2)13-18(22)4/h5-13,23-24H,14H2,1-4H3,(H,25,26)/t23-/m1/s1. The van der Waals surface area contributed by atoms with Gasteiger partial charge in [0.25, 0.3) is 0 Å². The number of benzene rings is 2. The summed E-state index contributed by atoms with van der Waals surface area (Å²) in [6.07, 6.45) is 0. The van der Waals surface area contributed by atoms with Gasteiger partial charge in [0.05, 0.1) is 12.6 Å². The summed E-state index contributed by atoms with van der Waals surface area (Å²) in [4.78, 5) is 13.8. The highest BCUT2D eigenvalue weighted by Crippen LogP contribution is 2.26. The lowest BCUT2D eigenvalue weighted by Gasteiger charge is -2.19. The van der Waals surface area contributed by atoms with E-state index in [4.69, 9.17) is 0 Å². The molecule has 0 aliphatic carbocycles. The molecule has 2 aromatic carbocycles. The van der Waals surface area contributed by atoms with Crippen molar-refractivity contribution in [2.45, 2.75) is 33.7 Å². The maximum absolute atomic E-state index is 12.6. The molecule has 3 rings (SSSR count). The average Bonchev–Trinajstić information content (AvgIpc) is 3.14. The molecule has 4 heteroatoms. The zero-order chi connectivity index (χ0) is 19.4. The molecule has 3 aromatic rings. The van der Waals surface area contributed by atoms with Gasteiger partial charge in [-0.1, -0.05) is 53.6 Å². The van der Waals surface area contributed by atoms with E-state index >= 15 is 0 Å². The van der Waals surface area contributed by atoms with Crippen LogP contribution in [0.25, 0.3) is 0 Å². The average molecular weight is 379 g/mol. The van der Waals surface area contributed by atoms with E-state index < -0.39 is 0 Å². The Hall–Kier alpha value is -2.43. The third-order valence-corrected chi connectivity index (χ3v) is 5.58. The highest BCUT2D eigenvalue weighted by atomic mass is 32.1. The minimum Gasteiger partial charge on any atom is -0.324 e. The molecule has 1 amide bonds. The van der Waals surface area contributed by atoms with Crippen LogP contribution in [0.3, 0.4) is 0 Å². The molecule has 0 aliphatic rings. The predicted molar refractivity (Wildman–Crippen MR) is 115 cm³/mol. The van der Waals surface area contributed by atoms with E-state index in [9.17, 15) is 4.79 Å². The fourth-order valence-corrected chi connectivity index (χ4v) is 4.18. The molecule has 1 atom stereocenters. The van der Waals surface area contributed by atoms with E-state index in [1.807, 2.05) is 19.9 Å². The first-order valence-corrected chi connectivity index (χ1v) is 10.0. The van der Waals surface area contributed by atoms with Crippen molar-refractivity contribution in [3.63, 3.8) is 0 Å². The van der Waals surface area contributed by atoms with Gasteiger partial charge >= 0.3 is 0 Å². The highest BCUT2D eigenvalue weighted by molar-refractivity contribution is 7.10. The van der Waals surface area contributed by atoms with Crippen LogP contribution in [-0.2, 0) is 4.79 Å². The van der Waals surface area contributed by atoms with Crippen LogP contribution in [0.15, 0.2) is 53.9 Å². The van der Waals surface area contributed by atoms with Crippen LogP contribution in [-0.4, -0.2) is 12.5 Å². The Bertz CT molecular complexity index is 891. The number of aryl methyl sites for hydroxylation is 4. The largest absolute Gasteiger partial charge is 0.324 e. The summed E-state index contributed by atoms with van der Waals surface area (Å²) >= 11 is 1.70. The van der Waals surface area contributed by atoms with Crippen LogP contribution < -0.4 is 10.6 Å². The van der Waals surface area contributed by atoms with Crippen LogP contribution in [0.4, 0.5) is 5.69 Å². The fraction of sp³-hybridized carbons (Fsp3) is 0.261. The summed E-state index contributed by atoms with van der Waals surface area (Å²) < 4.78 is 0. The van der Waals surface area contributed by atoms with Gasteiger partial charge in [-0.05, 0) is 55.8 Å². The molecule has 0 saturated carbocycles. The normalized spacial score (nSPS) is 12.0.